The van der Waals surface area contributed by atoms with Crippen molar-refractivity contribution in [3.05, 3.63) is 0 Å². The van der Waals surface area contributed by atoms with Crippen molar-refractivity contribution in [3.8, 4) is 0 Å². The summed E-state index contributed by atoms with van der Waals surface area (Å²) in [5.74, 6) is 0. The Morgan fingerprint density at radius 3 is 1.80 bits per heavy atom. The van der Waals surface area contributed by atoms with E-state index in [4.69, 9.17) is 0 Å². The van der Waals surface area contributed by atoms with Crippen molar-refractivity contribution in [2.45, 2.75) is 12.8 Å². The highest BCUT2D eigenvalue weighted by Crippen LogP contribution is 2.01. The van der Waals surface area contributed by atoms with Crippen LogP contribution in [-0.2, 0) is 4.84 Å². The van der Waals surface area contributed by atoms with Gasteiger partial charge in [-0.25, -0.2) is 5.48 Å². The summed E-state index contributed by atoms with van der Waals surface area (Å²) in [6, 6.07) is 0. The van der Waals surface area contributed by atoms with E-state index in [-0.39, 0.29) is 0 Å². The molecule has 0 aromatic carbocycles. The van der Waals surface area contributed by atoms with E-state index in [2.05, 4.69) is 22.3 Å². The van der Waals surface area contributed by atoms with Crippen molar-refractivity contribution in [2.24, 2.45) is 0 Å². The minimum absolute atomic E-state index is 1.32. The molecule has 62 valence electrons. The number of hydrogen-bond acceptors (Lipinski definition) is 3. The lowest BCUT2D eigenvalue weighted by Crippen LogP contribution is -2.10. The average Bonchev–Trinajstić information content (AvgIpc) is 2.40. The van der Waals surface area contributed by atoms with Crippen LogP contribution in [0, 0.1) is 0 Å². The van der Waals surface area contributed by atoms with Crippen LogP contribution in [0.15, 0.2) is 0 Å². The van der Waals surface area contributed by atoms with E-state index in [0.717, 1.165) is 0 Å². The Labute approximate surface area is 63.3 Å². The minimum Gasteiger partial charge on any atom is -0.306 e. The van der Waals surface area contributed by atoms with Crippen molar-refractivity contribution in [3.63, 3.8) is 0 Å². The third kappa shape index (κ3) is 6.01. The summed E-state index contributed by atoms with van der Waals surface area (Å²) in [6.07, 6.45) is 2.83. The predicted molar refractivity (Wildman–Crippen MR) is 42.8 cm³/mol. The molecule has 0 aromatic heterocycles. The van der Waals surface area contributed by atoms with Crippen molar-refractivity contribution < 1.29 is 4.84 Å². The predicted octanol–water partition coefficient (Wildman–Crippen LogP) is 0.479. The highest BCUT2D eigenvalue weighted by atomic mass is 16.6. The zero-order valence-corrected chi connectivity index (χ0v) is 7.18. The summed E-state index contributed by atoms with van der Waals surface area (Å²) in [5, 5.41) is 0. The van der Waals surface area contributed by atoms with E-state index in [0.29, 0.717) is 0 Å². The van der Waals surface area contributed by atoms with Crippen molar-refractivity contribution >= 4 is 0 Å². The van der Waals surface area contributed by atoms with E-state index < -0.39 is 0 Å². The highest BCUT2D eigenvalue weighted by molar-refractivity contribution is 4.59. The normalized spacial score (nSPS) is 18.3. The molecule has 3 heteroatoms. The average molecular weight is 146 g/mol. The van der Waals surface area contributed by atoms with Gasteiger partial charge in [0, 0.05) is 7.05 Å². The smallest absolute Gasteiger partial charge is 0.0572 e. The summed E-state index contributed by atoms with van der Waals surface area (Å²) in [4.78, 5) is 6.65. The quantitative estimate of drug-likeness (QED) is 0.544. The zero-order valence-electron chi connectivity index (χ0n) is 7.18. The molecule has 3 nitrogen and oxygen atoms in total. The first-order valence-corrected chi connectivity index (χ1v) is 3.69. The van der Waals surface area contributed by atoms with Gasteiger partial charge in [0.2, 0.25) is 0 Å². The fourth-order valence-electron chi connectivity index (χ4n) is 0.875. The van der Waals surface area contributed by atoms with Crippen LogP contribution in [0.3, 0.4) is 0 Å². The molecule has 0 saturated carbocycles. The van der Waals surface area contributed by atoms with E-state index in [1.807, 2.05) is 0 Å². The topological polar surface area (TPSA) is 24.5 Å². The van der Waals surface area contributed by atoms with Crippen LogP contribution in [0.2, 0.25) is 0 Å². The Morgan fingerprint density at radius 2 is 1.70 bits per heavy atom. The summed E-state index contributed by atoms with van der Waals surface area (Å²) in [5.41, 5.74) is 2.43. The van der Waals surface area contributed by atoms with Crippen molar-refractivity contribution in [2.75, 3.05) is 34.3 Å². The van der Waals surface area contributed by atoms with Crippen LogP contribution < -0.4 is 5.48 Å². The molecule has 1 aliphatic rings. The number of rotatable bonds is 1. The molecule has 0 aliphatic carbocycles. The molecular formula is C7H18N2O. The Hall–Kier alpha value is -0.120. The van der Waals surface area contributed by atoms with Crippen molar-refractivity contribution in [1.29, 1.82) is 0 Å². The Bertz CT molecular complexity index is 60.6. The molecule has 1 N–H and O–H groups in total. The van der Waals surface area contributed by atoms with Crippen LogP contribution in [0.1, 0.15) is 12.8 Å². The van der Waals surface area contributed by atoms with E-state index in [9.17, 15) is 0 Å². The van der Waals surface area contributed by atoms with Gasteiger partial charge in [-0.3, -0.25) is 0 Å². The van der Waals surface area contributed by atoms with Gasteiger partial charge in [-0.2, -0.15) is 0 Å². The summed E-state index contributed by atoms with van der Waals surface area (Å²) in [7, 11) is 5.45. The molecule has 0 spiro atoms. The lowest BCUT2D eigenvalue weighted by molar-refractivity contribution is 0.112. The Balaban J connectivity index is 0.000000180. The second kappa shape index (κ2) is 6.99. The second-order valence-electron chi connectivity index (χ2n) is 2.42. The fraction of sp³-hybridized carbons (Fsp3) is 1.00. The monoisotopic (exact) mass is 146 g/mol. The van der Waals surface area contributed by atoms with Gasteiger partial charge in [0.1, 0.15) is 0 Å². The standard InChI is InChI=1S/C5H11N.C2H7NO/c1-6-4-2-3-5-6;1-3-4-2/h2-5H2,1H3;3H,1-2H3. The molecule has 0 bridgehead atoms. The molecule has 1 aliphatic heterocycles. The van der Waals surface area contributed by atoms with Crippen molar-refractivity contribution in [1.82, 2.24) is 10.4 Å². The molecule has 0 radical (unpaired) electrons. The summed E-state index contributed by atoms with van der Waals surface area (Å²) >= 11 is 0. The van der Waals surface area contributed by atoms with E-state index in [1.165, 1.54) is 25.9 Å². The number of hydrogen-bond donors (Lipinski definition) is 1. The fourth-order valence-corrected chi connectivity index (χ4v) is 0.875. The molecule has 1 heterocycles. The molecule has 10 heavy (non-hydrogen) atoms. The largest absolute Gasteiger partial charge is 0.306 e. The summed E-state index contributed by atoms with van der Waals surface area (Å²) in [6.45, 7) is 2.64. The molecule has 0 unspecified atom stereocenters. The van der Waals surface area contributed by atoms with Gasteiger partial charge in [0.15, 0.2) is 0 Å². The Morgan fingerprint density at radius 1 is 1.30 bits per heavy atom. The van der Waals surface area contributed by atoms with E-state index in [1.54, 1.807) is 14.2 Å². The maximum absolute atomic E-state index is 4.29. The molecule has 1 fully saturated rings. The first-order chi connectivity index (χ1) is 4.81. The molecule has 1 saturated heterocycles. The number of hydroxylamine groups is 1. The van der Waals surface area contributed by atoms with Gasteiger partial charge in [0.25, 0.3) is 0 Å². The van der Waals surface area contributed by atoms with Gasteiger partial charge >= 0.3 is 0 Å². The van der Waals surface area contributed by atoms with Gasteiger partial charge in [-0.1, -0.05) is 0 Å². The lowest BCUT2D eigenvalue weighted by Gasteiger charge is -2.01. The number of likely N-dealkylation sites (tertiary alicyclic amines) is 1. The maximum atomic E-state index is 4.29. The SMILES string of the molecule is CN1CCCC1.CNOC. The maximum Gasteiger partial charge on any atom is 0.0572 e. The van der Waals surface area contributed by atoms with Crippen LogP contribution in [0.25, 0.3) is 0 Å². The van der Waals surface area contributed by atoms with Gasteiger partial charge in [0.05, 0.1) is 7.11 Å². The second-order valence-corrected chi connectivity index (χ2v) is 2.42. The molecule has 1 rings (SSSR count). The van der Waals surface area contributed by atoms with Gasteiger partial charge in [-0.05, 0) is 33.0 Å². The number of nitrogens with one attached hydrogen (secondary N) is 1. The molecule has 0 atom stereocenters. The summed E-state index contributed by atoms with van der Waals surface area (Å²) < 4.78 is 0. The zero-order chi connectivity index (χ0) is 7.82. The van der Waals surface area contributed by atoms with Gasteiger partial charge < -0.3 is 9.74 Å². The van der Waals surface area contributed by atoms with Crippen LogP contribution in [0.5, 0.6) is 0 Å². The third-order valence-corrected chi connectivity index (χ3v) is 1.53. The van der Waals surface area contributed by atoms with Crippen LogP contribution in [0.4, 0.5) is 0 Å². The molecular weight excluding hydrogens is 128 g/mol. The first kappa shape index (κ1) is 9.88. The highest BCUT2D eigenvalue weighted by Gasteiger charge is 2.03. The molecule has 0 amide bonds. The van der Waals surface area contributed by atoms with Crippen LogP contribution >= 0.6 is 0 Å². The lowest BCUT2D eigenvalue weighted by atomic mass is 10.4. The molecule has 0 aromatic rings. The Kier molecular flexibility index (Phi) is 6.91. The first-order valence-electron chi connectivity index (χ1n) is 3.69. The van der Waals surface area contributed by atoms with E-state index >= 15 is 0 Å². The minimum atomic E-state index is 1.32. The third-order valence-electron chi connectivity index (χ3n) is 1.53. The number of nitrogens with zero attached hydrogens (tertiary/aromatic N) is 1. The van der Waals surface area contributed by atoms with Crippen LogP contribution in [-0.4, -0.2) is 39.2 Å². The van der Waals surface area contributed by atoms with Gasteiger partial charge in [-0.15, -0.1) is 0 Å².